The first-order chi connectivity index (χ1) is 9.21. The smallest absolute Gasteiger partial charge is 0.358 e. The lowest BCUT2D eigenvalue weighted by Gasteiger charge is -2.05. The number of hydrogen-bond acceptors (Lipinski definition) is 6. The van der Waals surface area contributed by atoms with Crippen LogP contribution in [0.1, 0.15) is 10.5 Å². The van der Waals surface area contributed by atoms with E-state index in [1.54, 1.807) is 0 Å². The second kappa shape index (κ2) is 4.51. The fourth-order valence-electron chi connectivity index (χ4n) is 1.57. The van der Waals surface area contributed by atoms with Gasteiger partial charge >= 0.3 is 5.97 Å². The van der Waals surface area contributed by atoms with E-state index < -0.39 is 21.8 Å². The zero-order valence-electron chi connectivity index (χ0n) is 9.89. The van der Waals surface area contributed by atoms with Gasteiger partial charge in [0.15, 0.2) is 11.5 Å². The maximum absolute atomic E-state index is 11.1. The molecule has 0 bridgehead atoms. The van der Waals surface area contributed by atoms with Gasteiger partial charge in [-0.05, 0) is 18.2 Å². The topological polar surface area (TPSA) is 162 Å². The molecule has 6 N–H and O–H groups in total. The predicted molar refractivity (Wildman–Crippen MR) is 69.2 cm³/mol. The molecule has 1 aromatic carbocycles. The Morgan fingerprint density at radius 3 is 2.45 bits per heavy atom. The van der Waals surface area contributed by atoms with Crippen LogP contribution >= 0.6 is 0 Å². The van der Waals surface area contributed by atoms with Gasteiger partial charge in [-0.1, -0.05) is 6.07 Å². The van der Waals surface area contributed by atoms with E-state index in [2.05, 4.69) is 5.10 Å². The van der Waals surface area contributed by atoms with E-state index in [9.17, 15) is 13.2 Å². The number of anilines is 2. The van der Waals surface area contributed by atoms with Crippen LogP contribution in [0, 0.1) is 0 Å². The van der Waals surface area contributed by atoms with Crippen molar-refractivity contribution >= 4 is 27.6 Å². The SMILES string of the molecule is Nc1c(C(=O)O)nn(-c2cccc(S(=O)(=O)O)c2)c1N. The maximum atomic E-state index is 11.1. The number of carboxylic acid groups (broad SMARTS) is 1. The quantitative estimate of drug-likeness (QED) is 0.574. The van der Waals surface area contributed by atoms with Crippen molar-refractivity contribution in [1.29, 1.82) is 0 Å². The summed E-state index contributed by atoms with van der Waals surface area (Å²) in [6.45, 7) is 0. The molecule has 10 heteroatoms. The molecule has 0 saturated carbocycles. The van der Waals surface area contributed by atoms with Crippen LogP contribution in [-0.4, -0.2) is 33.8 Å². The van der Waals surface area contributed by atoms with Gasteiger partial charge in [-0.15, -0.1) is 0 Å². The van der Waals surface area contributed by atoms with E-state index in [1.807, 2.05) is 0 Å². The number of hydrogen-bond donors (Lipinski definition) is 4. The van der Waals surface area contributed by atoms with Crippen molar-refractivity contribution in [1.82, 2.24) is 9.78 Å². The molecule has 0 unspecified atom stereocenters. The van der Waals surface area contributed by atoms with Crippen LogP contribution in [0.3, 0.4) is 0 Å². The first kappa shape index (κ1) is 13.8. The summed E-state index contributed by atoms with van der Waals surface area (Å²) in [5, 5.41) is 12.6. The number of carboxylic acids is 1. The van der Waals surface area contributed by atoms with Crippen molar-refractivity contribution in [3.8, 4) is 5.69 Å². The lowest BCUT2D eigenvalue weighted by Crippen LogP contribution is -2.05. The Morgan fingerprint density at radius 2 is 1.95 bits per heavy atom. The molecule has 1 aromatic heterocycles. The number of aromatic carboxylic acids is 1. The largest absolute Gasteiger partial charge is 0.476 e. The molecule has 0 saturated heterocycles. The standard InChI is InChI=1S/C10H10N4O5S/c11-7-8(10(15)16)13-14(9(7)12)5-2-1-3-6(4-5)20(17,18)19/h1-4H,11-12H2,(H,15,16)(H,17,18,19). The molecule has 106 valence electrons. The Morgan fingerprint density at radius 1 is 1.30 bits per heavy atom. The van der Waals surface area contributed by atoms with E-state index >= 15 is 0 Å². The number of nitrogens with two attached hydrogens (primary N) is 2. The summed E-state index contributed by atoms with van der Waals surface area (Å²) in [7, 11) is -4.40. The Kier molecular flexibility index (Phi) is 3.12. The summed E-state index contributed by atoms with van der Waals surface area (Å²) >= 11 is 0. The van der Waals surface area contributed by atoms with E-state index in [0.29, 0.717) is 0 Å². The average molecular weight is 298 g/mol. The number of carbonyl (C=O) groups is 1. The molecular weight excluding hydrogens is 288 g/mol. The highest BCUT2D eigenvalue weighted by Crippen LogP contribution is 2.24. The number of nitrogen functional groups attached to an aromatic ring is 2. The molecule has 20 heavy (non-hydrogen) atoms. The molecule has 0 radical (unpaired) electrons. The predicted octanol–water partition coefficient (Wildman–Crippen LogP) is -0.0184. The third-order valence-electron chi connectivity index (χ3n) is 2.52. The first-order valence-corrected chi connectivity index (χ1v) is 6.61. The van der Waals surface area contributed by atoms with E-state index in [1.165, 1.54) is 18.2 Å². The molecule has 0 amide bonds. The summed E-state index contributed by atoms with van der Waals surface area (Å²) in [6.07, 6.45) is 0. The van der Waals surface area contributed by atoms with Crippen LogP contribution in [0.2, 0.25) is 0 Å². The molecule has 9 nitrogen and oxygen atoms in total. The number of nitrogens with zero attached hydrogens (tertiary/aromatic N) is 2. The second-order valence-electron chi connectivity index (χ2n) is 3.84. The minimum absolute atomic E-state index is 0.144. The Balaban J connectivity index is 2.64. The van der Waals surface area contributed by atoms with Crippen LogP contribution in [0.25, 0.3) is 5.69 Å². The molecule has 0 atom stereocenters. The highest BCUT2D eigenvalue weighted by Gasteiger charge is 2.20. The molecule has 0 aliphatic heterocycles. The van der Waals surface area contributed by atoms with E-state index in [4.69, 9.17) is 21.1 Å². The zero-order valence-corrected chi connectivity index (χ0v) is 10.7. The fraction of sp³-hybridized carbons (Fsp3) is 0. The van der Waals surface area contributed by atoms with Crippen LogP contribution < -0.4 is 11.5 Å². The number of aromatic nitrogens is 2. The monoisotopic (exact) mass is 298 g/mol. The zero-order chi connectivity index (χ0) is 15.1. The van der Waals surface area contributed by atoms with Crippen molar-refractivity contribution in [2.75, 3.05) is 11.5 Å². The Labute approximate surface area is 113 Å². The van der Waals surface area contributed by atoms with Gasteiger partial charge in [0.1, 0.15) is 5.69 Å². The van der Waals surface area contributed by atoms with Crippen LogP contribution in [0.4, 0.5) is 11.5 Å². The maximum Gasteiger partial charge on any atom is 0.358 e. The normalized spacial score (nSPS) is 11.4. The van der Waals surface area contributed by atoms with Crippen LogP contribution in [0.15, 0.2) is 29.2 Å². The minimum Gasteiger partial charge on any atom is -0.476 e. The molecule has 1 heterocycles. The molecule has 0 fully saturated rings. The molecule has 0 aliphatic carbocycles. The molecule has 2 rings (SSSR count). The first-order valence-electron chi connectivity index (χ1n) is 5.17. The van der Waals surface area contributed by atoms with Gasteiger partial charge in [0.05, 0.1) is 10.6 Å². The summed E-state index contributed by atoms with van der Waals surface area (Å²) in [5.74, 6) is -1.51. The highest BCUT2D eigenvalue weighted by atomic mass is 32.2. The van der Waals surface area contributed by atoms with Gasteiger partial charge in [-0.3, -0.25) is 4.55 Å². The Hall–Kier alpha value is -2.59. The van der Waals surface area contributed by atoms with E-state index in [0.717, 1.165) is 10.7 Å². The summed E-state index contributed by atoms with van der Waals surface area (Å²) in [6, 6.07) is 5.03. The van der Waals surface area contributed by atoms with Crippen molar-refractivity contribution < 1.29 is 22.9 Å². The highest BCUT2D eigenvalue weighted by molar-refractivity contribution is 7.85. The van der Waals surface area contributed by atoms with Crippen LogP contribution in [0.5, 0.6) is 0 Å². The van der Waals surface area contributed by atoms with Crippen molar-refractivity contribution in [2.45, 2.75) is 4.90 Å². The van der Waals surface area contributed by atoms with Crippen molar-refractivity contribution in [3.05, 3.63) is 30.0 Å². The lowest BCUT2D eigenvalue weighted by molar-refractivity contribution is 0.0691. The summed E-state index contributed by atoms with van der Waals surface area (Å²) < 4.78 is 32.1. The third-order valence-corrected chi connectivity index (χ3v) is 3.37. The minimum atomic E-state index is -4.40. The number of benzene rings is 1. The van der Waals surface area contributed by atoms with Gasteiger partial charge in [-0.2, -0.15) is 13.5 Å². The molecule has 0 spiro atoms. The van der Waals surface area contributed by atoms with Gasteiger partial charge < -0.3 is 16.6 Å². The summed E-state index contributed by atoms with van der Waals surface area (Å²) in [4.78, 5) is 10.5. The van der Waals surface area contributed by atoms with Crippen molar-refractivity contribution in [3.63, 3.8) is 0 Å². The average Bonchev–Trinajstić information content (AvgIpc) is 2.66. The van der Waals surface area contributed by atoms with Gasteiger partial charge in [0, 0.05) is 0 Å². The lowest BCUT2D eigenvalue weighted by atomic mass is 10.3. The molecular formula is C10H10N4O5S. The van der Waals surface area contributed by atoms with Gasteiger partial charge in [0.2, 0.25) is 0 Å². The van der Waals surface area contributed by atoms with Crippen LogP contribution in [-0.2, 0) is 10.1 Å². The van der Waals surface area contributed by atoms with Gasteiger partial charge in [0.25, 0.3) is 10.1 Å². The fourth-order valence-corrected chi connectivity index (χ4v) is 2.09. The second-order valence-corrected chi connectivity index (χ2v) is 5.26. The van der Waals surface area contributed by atoms with Crippen molar-refractivity contribution in [2.24, 2.45) is 0 Å². The molecule has 0 aliphatic rings. The third kappa shape index (κ3) is 2.29. The Bertz CT molecular complexity index is 796. The summed E-state index contributed by atoms with van der Waals surface area (Å²) in [5.41, 5.74) is 10.6. The van der Waals surface area contributed by atoms with E-state index in [-0.39, 0.29) is 22.1 Å². The molecule has 2 aromatic rings. The number of rotatable bonds is 3. The van der Waals surface area contributed by atoms with Gasteiger partial charge in [-0.25, -0.2) is 9.48 Å².